The first-order chi connectivity index (χ1) is 7.54. The summed E-state index contributed by atoms with van der Waals surface area (Å²) in [6, 6.07) is 0.149. The molecule has 1 amide bonds. The van der Waals surface area contributed by atoms with Gasteiger partial charge in [-0.25, -0.2) is 4.98 Å². The number of hydrogen-bond donors (Lipinski definition) is 2. The number of nitrogens with zero attached hydrogens (tertiary/aromatic N) is 2. The van der Waals surface area contributed by atoms with E-state index in [0.29, 0.717) is 5.92 Å². The Morgan fingerprint density at radius 2 is 2.19 bits per heavy atom. The molecule has 1 atom stereocenters. The fourth-order valence-electron chi connectivity index (χ4n) is 1.47. The van der Waals surface area contributed by atoms with Gasteiger partial charge in [-0.3, -0.25) is 9.78 Å². The summed E-state index contributed by atoms with van der Waals surface area (Å²) in [5, 5.41) is 2.91. The maximum atomic E-state index is 11.8. The molecule has 0 saturated heterocycles. The van der Waals surface area contributed by atoms with Crippen LogP contribution in [0.25, 0.3) is 0 Å². The molecule has 0 radical (unpaired) electrons. The highest BCUT2D eigenvalue weighted by Gasteiger charge is 2.16. The van der Waals surface area contributed by atoms with Crippen LogP contribution in [0.1, 0.15) is 37.7 Å². The molecule has 16 heavy (non-hydrogen) atoms. The van der Waals surface area contributed by atoms with E-state index in [1.165, 1.54) is 12.4 Å². The Bertz CT molecular complexity index is 365. The Morgan fingerprint density at radius 3 is 2.69 bits per heavy atom. The van der Waals surface area contributed by atoms with Crippen molar-refractivity contribution in [2.75, 3.05) is 5.73 Å². The third kappa shape index (κ3) is 3.18. The Labute approximate surface area is 95.5 Å². The normalized spacial score (nSPS) is 12.5. The van der Waals surface area contributed by atoms with Crippen molar-refractivity contribution in [3.8, 4) is 0 Å². The van der Waals surface area contributed by atoms with E-state index in [4.69, 9.17) is 5.73 Å². The number of hydrogen-bond acceptors (Lipinski definition) is 4. The summed E-state index contributed by atoms with van der Waals surface area (Å²) in [7, 11) is 0. The molecule has 3 N–H and O–H groups in total. The predicted octanol–water partition coefficient (Wildman–Crippen LogP) is 1.22. The molecule has 1 aromatic heterocycles. The van der Waals surface area contributed by atoms with E-state index in [9.17, 15) is 4.79 Å². The van der Waals surface area contributed by atoms with Crippen molar-refractivity contribution in [2.24, 2.45) is 5.92 Å². The monoisotopic (exact) mass is 222 g/mol. The van der Waals surface area contributed by atoms with Crippen LogP contribution in [0.2, 0.25) is 0 Å². The van der Waals surface area contributed by atoms with E-state index in [0.717, 1.165) is 6.42 Å². The van der Waals surface area contributed by atoms with Gasteiger partial charge in [0.25, 0.3) is 5.91 Å². The standard InChI is InChI=1S/C11H18N4O/c1-4-8(7(2)3)15-11(16)9-5-13-6-10(12)14-9/h5-8H,4H2,1-3H3,(H2,12,14)(H,15,16). The lowest BCUT2D eigenvalue weighted by atomic mass is 10.0. The Balaban J connectivity index is 2.72. The number of rotatable bonds is 4. The summed E-state index contributed by atoms with van der Waals surface area (Å²) >= 11 is 0. The number of carbonyl (C=O) groups is 1. The molecule has 0 aliphatic rings. The summed E-state index contributed by atoms with van der Waals surface area (Å²) in [4.78, 5) is 19.6. The van der Waals surface area contributed by atoms with E-state index in [1.54, 1.807) is 0 Å². The topological polar surface area (TPSA) is 80.9 Å². The third-order valence-electron chi connectivity index (χ3n) is 2.45. The number of anilines is 1. The molecule has 0 aliphatic carbocycles. The van der Waals surface area contributed by atoms with Crippen LogP contribution >= 0.6 is 0 Å². The zero-order valence-electron chi connectivity index (χ0n) is 9.90. The lowest BCUT2D eigenvalue weighted by Crippen LogP contribution is -2.38. The van der Waals surface area contributed by atoms with Gasteiger partial charge >= 0.3 is 0 Å². The van der Waals surface area contributed by atoms with E-state index < -0.39 is 0 Å². The SMILES string of the molecule is CCC(NC(=O)c1cncc(N)n1)C(C)C. The number of aromatic nitrogens is 2. The molecule has 1 unspecified atom stereocenters. The fraction of sp³-hybridized carbons (Fsp3) is 0.545. The zero-order valence-corrected chi connectivity index (χ0v) is 9.90. The Morgan fingerprint density at radius 1 is 1.50 bits per heavy atom. The van der Waals surface area contributed by atoms with Crippen LogP contribution in [0.5, 0.6) is 0 Å². The molecular weight excluding hydrogens is 204 g/mol. The average molecular weight is 222 g/mol. The maximum absolute atomic E-state index is 11.8. The van der Waals surface area contributed by atoms with Crippen molar-refractivity contribution in [2.45, 2.75) is 33.2 Å². The van der Waals surface area contributed by atoms with Crippen molar-refractivity contribution in [1.82, 2.24) is 15.3 Å². The van der Waals surface area contributed by atoms with Gasteiger partial charge in [0, 0.05) is 6.04 Å². The summed E-state index contributed by atoms with van der Waals surface area (Å²) in [5.41, 5.74) is 5.73. The van der Waals surface area contributed by atoms with Gasteiger partial charge in [-0.1, -0.05) is 20.8 Å². The van der Waals surface area contributed by atoms with Gasteiger partial charge in [-0.2, -0.15) is 0 Å². The average Bonchev–Trinajstić information content (AvgIpc) is 2.25. The smallest absolute Gasteiger partial charge is 0.271 e. The van der Waals surface area contributed by atoms with Crippen LogP contribution in [0.4, 0.5) is 5.82 Å². The van der Waals surface area contributed by atoms with Gasteiger partial charge in [0.15, 0.2) is 0 Å². The largest absolute Gasteiger partial charge is 0.382 e. The third-order valence-corrected chi connectivity index (χ3v) is 2.45. The second-order valence-corrected chi connectivity index (χ2v) is 4.06. The highest BCUT2D eigenvalue weighted by molar-refractivity contribution is 5.92. The van der Waals surface area contributed by atoms with Crippen LogP contribution in [0, 0.1) is 5.92 Å². The van der Waals surface area contributed by atoms with Crippen LogP contribution in [-0.4, -0.2) is 21.9 Å². The van der Waals surface area contributed by atoms with Gasteiger partial charge in [0.05, 0.1) is 12.4 Å². The highest BCUT2D eigenvalue weighted by atomic mass is 16.1. The second-order valence-electron chi connectivity index (χ2n) is 4.06. The van der Waals surface area contributed by atoms with Crippen LogP contribution < -0.4 is 11.1 Å². The number of nitrogens with two attached hydrogens (primary N) is 1. The quantitative estimate of drug-likeness (QED) is 0.802. The lowest BCUT2D eigenvalue weighted by Gasteiger charge is -2.20. The Hall–Kier alpha value is -1.65. The first-order valence-electron chi connectivity index (χ1n) is 5.43. The molecule has 88 valence electrons. The maximum Gasteiger partial charge on any atom is 0.271 e. The summed E-state index contributed by atoms with van der Waals surface area (Å²) in [6.45, 7) is 6.18. The Kier molecular flexibility index (Phi) is 4.22. The molecule has 5 nitrogen and oxygen atoms in total. The van der Waals surface area contributed by atoms with E-state index in [1.807, 2.05) is 6.92 Å². The zero-order chi connectivity index (χ0) is 12.1. The molecule has 0 fully saturated rings. The molecule has 0 saturated carbocycles. The minimum absolute atomic E-state index is 0.149. The molecule has 1 aromatic rings. The van der Waals surface area contributed by atoms with Crippen molar-refractivity contribution in [3.05, 3.63) is 18.1 Å². The summed E-state index contributed by atoms with van der Waals surface area (Å²) in [5.74, 6) is 0.425. The van der Waals surface area contributed by atoms with Gasteiger partial charge in [-0.15, -0.1) is 0 Å². The number of carbonyl (C=O) groups excluding carboxylic acids is 1. The van der Waals surface area contributed by atoms with Gasteiger partial charge < -0.3 is 11.1 Å². The minimum Gasteiger partial charge on any atom is -0.382 e. The number of nitrogen functional groups attached to an aromatic ring is 1. The van der Waals surface area contributed by atoms with E-state index in [2.05, 4.69) is 29.1 Å². The van der Waals surface area contributed by atoms with Crippen LogP contribution in [0.3, 0.4) is 0 Å². The molecule has 0 aromatic carbocycles. The van der Waals surface area contributed by atoms with Crippen molar-refractivity contribution in [1.29, 1.82) is 0 Å². The van der Waals surface area contributed by atoms with E-state index >= 15 is 0 Å². The van der Waals surface area contributed by atoms with Gasteiger partial charge in [0.1, 0.15) is 11.5 Å². The van der Waals surface area contributed by atoms with Crippen molar-refractivity contribution >= 4 is 11.7 Å². The molecule has 1 heterocycles. The van der Waals surface area contributed by atoms with Gasteiger partial charge in [0.2, 0.25) is 0 Å². The first kappa shape index (κ1) is 12.4. The molecule has 0 aliphatic heterocycles. The lowest BCUT2D eigenvalue weighted by molar-refractivity contribution is 0.0919. The van der Waals surface area contributed by atoms with Crippen molar-refractivity contribution in [3.63, 3.8) is 0 Å². The molecular formula is C11H18N4O. The van der Waals surface area contributed by atoms with E-state index in [-0.39, 0.29) is 23.5 Å². The molecule has 1 rings (SSSR count). The fourth-order valence-corrected chi connectivity index (χ4v) is 1.47. The minimum atomic E-state index is -0.222. The van der Waals surface area contributed by atoms with Crippen LogP contribution in [-0.2, 0) is 0 Å². The highest BCUT2D eigenvalue weighted by Crippen LogP contribution is 2.06. The number of amides is 1. The summed E-state index contributed by atoms with van der Waals surface area (Å²) < 4.78 is 0. The van der Waals surface area contributed by atoms with Gasteiger partial charge in [-0.05, 0) is 12.3 Å². The second kappa shape index (κ2) is 5.44. The predicted molar refractivity (Wildman–Crippen MR) is 62.8 cm³/mol. The molecule has 0 bridgehead atoms. The van der Waals surface area contributed by atoms with Crippen LogP contribution in [0.15, 0.2) is 12.4 Å². The number of nitrogens with one attached hydrogen (secondary N) is 1. The molecule has 5 heteroatoms. The van der Waals surface area contributed by atoms with Crippen molar-refractivity contribution < 1.29 is 4.79 Å². The molecule has 0 spiro atoms. The first-order valence-corrected chi connectivity index (χ1v) is 5.43. The summed E-state index contributed by atoms with van der Waals surface area (Å²) in [6.07, 6.45) is 3.72.